The van der Waals surface area contributed by atoms with Crippen LogP contribution in [0.15, 0.2) is 29.4 Å². The van der Waals surface area contributed by atoms with Crippen LogP contribution in [-0.2, 0) is 11.3 Å². The summed E-state index contributed by atoms with van der Waals surface area (Å²) in [6, 6.07) is 7.87. The van der Waals surface area contributed by atoms with Crippen molar-refractivity contribution in [1.82, 2.24) is 0 Å². The van der Waals surface area contributed by atoms with Crippen LogP contribution in [0.25, 0.3) is 0 Å². The lowest BCUT2D eigenvalue weighted by Crippen LogP contribution is -2.13. The van der Waals surface area contributed by atoms with E-state index < -0.39 is 0 Å². The first-order valence-corrected chi connectivity index (χ1v) is 5.27. The molecular formula is C12H15NO3. The molecular weight excluding hydrogens is 206 g/mol. The molecule has 16 heavy (non-hydrogen) atoms. The topological polar surface area (TPSA) is 51.0 Å². The lowest BCUT2D eigenvalue weighted by molar-refractivity contribution is 0.0390. The summed E-state index contributed by atoms with van der Waals surface area (Å²) >= 11 is 0. The third-order valence-electron chi connectivity index (χ3n) is 2.57. The van der Waals surface area contributed by atoms with E-state index in [2.05, 4.69) is 5.16 Å². The average molecular weight is 221 g/mol. The number of oxime groups is 1. The number of nitrogens with zero attached hydrogens (tertiary/aromatic N) is 1. The molecule has 1 N–H and O–H groups in total. The van der Waals surface area contributed by atoms with Crippen molar-refractivity contribution in [3.05, 3.63) is 29.8 Å². The summed E-state index contributed by atoms with van der Waals surface area (Å²) in [6.45, 7) is 0.0234. The zero-order valence-corrected chi connectivity index (χ0v) is 9.22. The summed E-state index contributed by atoms with van der Waals surface area (Å²) in [5, 5.41) is 12.9. The second-order valence-corrected chi connectivity index (χ2v) is 3.80. The van der Waals surface area contributed by atoms with Crippen molar-refractivity contribution >= 4 is 5.71 Å². The molecule has 0 saturated heterocycles. The number of hydrogen-bond donors (Lipinski definition) is 1. The summed E-state index contributed by atoms with van der Waals surface area (Å²) in [6.07, 6.45) is 1.32. The molecule has 4 heteroatoms. The van der Waals surface area contributed by atoms with Gasteiger partial charge in [-0.3, -0.25) is 0 Å². The average Bonchev–Trinajstić information content (AvgIpc) is 2.78. The Morgan fingerprint density at radius 2 is 2.19 bits per heavy atom. The van der Waals surface area contributed by atoms with E-state index >= 15 is 0 Å². The molecule has 1 unspecified atom stereocenters. The number of ether oxygens (including phenoxy) is 1. The van der Waals surface area contributed by atoms with E-state index in [9.17, 15) is 0 Å². The Morgan fingerprint density at radius 1 is 1.44 bits per heavy atom. The minimum absolute atomic E-state index is 0.0234. The maximum absolute atomic E-state index is 8.90. The van der Waals surface area contributed by atoms with Gasteiger partial charge in [0.25, 0.3) is 0 Å². The first-order valence-electron chi connectivity index (χ1n) is 5.27. The Bertz CT molecular complexity index is 372. The van der Waals surface area contributed by atoms with Gasteiger partial charge in [-0.05, 0) is 17.7 Å². The Kier molecular flexibility index (Phi) is 3.41. The van der Waals surface area contributed by atoms with Gasteiger partial charge >= 0.3 is 0 Å². The molecule has 1 aliphatic heterocycles. The van der Waals surface area contributed by atoms with Crippen LogP contribution in [0.5, 0.6) is 5.75 Å². The van der Waals surface area contributed by atoms with E-state index in [4.69, 9.17) is 14.7 Å². The van der Waals surface area contributed by atoms with Gasteiger partial charge in [0.15, 0.2) is 6.10 Å². The maximum atomic E-state index is 8.90. The van der Waals surface area contributed by atoms with Gasteiger partial charge in [0, 0.05) is 12.8 Å². The molecule has 0 fully saturated rings. The Morgan fingerprint density at radius 3 is 2.75 bits per heavy atom. The summed E-state index contributed by atoms with van der Waals surface area (Å²) in [7, 11) is 1.65. The third kappa shape index (κ3) is 2.52. The normalized spacial score (nSPS) is 19.1. The SMILES string of the molecule is COc1ccc(CC2=NOC(CO)C2)cc1. The fourth-order valence-electron chi connectivity index (χ4n) is 1.67. The molecule has 1 aromatic carbocycles. The number of hydrogen-bond acceptors (Lipinski definition) is 4. The van der Waals surface area contributed by atoms with Gasteiger partial charge in [-0.25, -0.2) is 0 Å². The molecule has 1 aliphatic rings. The van der Waals surface area contributed by atoms with Crippen molar-refractivity contribution in [2.45, 2.75) is 18.9 Å². The van der Waals surface area contributed by atoms with E-state index in [1.54, 1.807) is 7.11 Å². The molecule has 0 spiro atoms. The highest BCUT2D eigenvalue weighted by atomic mass is 16.6. The molecule has 0 bridgehead atoms. The van der Waals surface area contributed by atoms with Gasteiger partial charge in [0.2, 0.25) is 0 Å². The van der Waals surface area contributed by atoms with Crippen LogP contribution in [0, 0.1) is 0 Å². The van der Waals surface area contributed by atoms with Crippen molar-refractivity contribution in [2.75, 3.05) is 13.7 Å². The summed E-state index contributed by atoms with van der Waals surface area (Å²) in [4.78, 5) is 5.05. The van der Waals surface area contributed by atoms with Gasteiger partial charge in [0.05, 0.1) is 19.4 Å². The van der Waals surface area contributed by atoms with E-state index in [-0.39, 0.29) is 12.7 Å². The molecule has 1 atom stereocenters. The number of methoxy groups -OCH3 is 1. The summed E-state index contributed by atoms with van der Waals surface area (Å²) in [5.41, 5.74) is 2.14. The monoisotopic (exact) mass is 221 g/mol. The van der Waals surface area contributed by atoms with Crippen LogP contribution in [-0.4, -0.2) is 30.6 Å². The Hall–Kier alpha value is -1.55. The second kappa shape index (κ2) is 4.99. The molecule has 4 nitrogen and oxygen atoms in total. The van der Waals surface area contributed by atoms with Crippen LogP contribution in [0.4, 0.5) is 0 Å². The molecule has 86 valence electrons. The molecule has 1 heterocycles. The fraction of sp³-hybridized carbons (Fsp3) is 0.417. The Balaban J connectivity index is 1.94. The van der Waals surface area contributed by atoms with Gasteiger partial charge in [-0.15, -0.1) is 0 Å². The summed E-state index contributed by atoms with van der Waals surface area (Å²) < 4.78 is 5.09. The molecule has 2 rings (SSSR count). The first-order chi connectivity index (χ1) is 7.81. The minimum atomic E-state index is -0.159. The highest BCUT2D eigenvalue weighted by Crippen LogP contribution is 2.16. The molecule has 1 aromatic rings. The molecule has 0 radical (unpaired) electrons. The van der Waals surface area contributed by atoms with Crippen LogP contribution in [0.3, 0.4) is 0 Å². The quantitative estimate of drug-likeness (QED) is 0.835. The summed E-state index contributed by atoms with van der Waals surface area (Å²) in [5.74, 6) is 0.849. The Labute approximate surface area is 94.5 Å². The predicted octanol–water partition coefficient (Wildman–Crippen LogP) is 1.37. The van der Waals surface area contributed by atoms with Crippen molar-refractivity contribution in [3.8, 4) is 5.75 Å². The lowest BCUT2D eigenvalue weighted by Gasteiger charge is -2.03. The van der Waals surface area contributed by atoms with Gasteiger partial charge in [-0.2, -0.15) is 0 Å². The number of benzene rings is 1. The highest BCUT2D eigenvalue weighted by molar-refractivity contribution is 5.87. The van der Waals surface area contributed by atoms with Crippen LogP contribution < -0.4 is 4.74 Å². The van der Waals surface area contributed by atoms with Gasteiger partial charge in [-0.1, -0.05) is 17.3 Å². The largest absolute Gasteiger partial charge is 0.497 e. The number of aliphatic hydroxyl groups excluding tert-OH is 1. The molecule has 0 aromatic heterocycles. The van der Waals surface area contributed by atoms with E-state index in [0.29, 0.717) is 6.42 Å². The van der Waals surface area contributed by atoms with Gasteiger partial charge in [0.1, 0.15) is 5.75 Å². The zero-order chi connectivity index (χ0) is 11.4. The highest BCUT2D eigenvalue weighted by Gasteiger charge is 2.19. The van der Waals surface area contributed by atoms with Crippen LogP contribution in [0.1, 0.15) is 12.0 Å². The third-order valence-corrected chi connectivity index (χ3v) is 2.57. The standard InChI is InChI=1S/C12H15NO3/c1-15-11-4-2-9(3-5-11)6-10-7-12(8-14)16-13-10/h2-5,12,14H,6-8H2,1H3. The number of aliphatic hydroxyl groups is 1. The lowest BCUT2D eigenvalue weighted by atomic mass is 10.0. The van der Waals surface area contributed by atoms with E-state index in [1.807, 2.05) is 24.3 Å². The molecule has 0 amide bonds. The van der Waals surface area contributed by atoms with Crippen molar-refractivity contribution < 1.29 is 14.7 Å². The van der Waals surface area contributed by atoms with E-state index in [1.165, 1.54) is 5.56 Å². The van der Waals surface area contributed by atoms with Crippen LogP contribution in [0.2, 0.25) is 0 Å². The molecule has 0 saturated carbocycles. The van der Waals surface area contributed by atoms with Gasteiger partial charge < -0.3 is 14.7 Å². The van der Waals surface area contributed by atoms with Crippen molar-refractivity contribution in [3.63, 3.8) is 0 Å². The maximum Gasteiger partial charge on any atom is 0.155 e. The predicted molar refractivity (Wildman–Crippen MR) is 60.7 cm³/mol. The first kappa shape index (κ1) is 11.0. The van der Waals surface area contributed by atoms with Crippen molar-refractivity contribution in [2.24, 2.45) is 5.16 Å². The van der Waals surface area contributed by atoms with Crippen LogP contribution >= 0.6 is 0 Å². The van der Waals surface area contributed by atoms with E-state index in [0.717, 1.165) is 17.9 Å². The second-order valence-electron chi connectivity index (χ2n) is 3.80. The van der Waals surface area contributed by atoms with Crippen molar-refractivity contribution in [1.29, 1.82) is 0 Å². The fourth-order valence-corrected chi connectivity index (χ4v) is 1.67. The zero-order valence-electron chi connectivity index (χ0n) is 9.22. The number of rotatable bonds is 4. The smallest absolute Gasteiger partial charge is 0.155 e. The molecule has 0 aliphatic carbocycles. The minimum Gasteiger partial charge on any atom is -0.497 e.